The number of sulfonamides is 1. The smallest absolute Gasteiger partial charge is 0.323 e. The summed E-state index contributed by atoms with van der Waals surface area (Å²) in [5, 5.41) is 8.87. The van der Waals surface area contributed by atoms with Crippen molar-refractivity contribution in [3.8, 4) is 0 Å². The molecule has 2 rings (SSSR count). The van der Waals surface area contributed by atoms with Crippen LogP contribution in [-0.2, 0) is 14.8 Å². The summed E-state index contributed by atoms with van der Waals surface area (Å²) >= 11 is 0. The van der Waals surface area contributed by atoms with Gasteiger partial charge in [0.25, 0.3) is 5.91 Å². The molecule has 1 aromatic carbocycles. The van der Waals surface area contributed by atoms with Gasteiger partial charge in [-0.3, -0.25) is 9.59 Å². The van der Waals surface area contributed by atoms with Crippen LogP contribution in [0.4, 0.5) is 0 Å². The zero-order valence-electron chi connectivity index (χ0n) is 13.6. The van der Waals surface area contributed by atoms with E-state index in [1.165, 1.54) is 28.6 Å². The zero-order chi connectivity index (χ0) is 17.7. The summed E-state index contributed by atoms with van der Waals surface area (Å²) < 4.78 is 26.8. The predicted molar refractivity (Wildman–Crippen MR) is 88.3 cm³/mol. The maximum absolute atomic E-state index is 12.7. The van der Waals surface area contributed by atoms with E-state index in [9.17, 15) is 18.0 Å². The Bertz CT molecular complexity index is 711. The standard InChI is InChI=1S/C16H22N2O5S/c1-2-17(12-15(19)20)16(21)13-7-6-8-14(11-13)24(22,23)18-9-4-3-5-10-18/h6-8,11H,2-5,9-10,12H2,1H3,(H,19,20). The third-order valence-corrected chi connectivity index (χ3v) is 5.92. The van der Waals surface area contributed by atoms with E-state index in [1.807, 2.05) is 0 Å². The minimum absolute atomic E-state index is 0.0710. The van der Waals surface area contributed by atoms with Crippen molar-refractivity contribution >= 4 is 21.9 Å². The monoisotopic (exact) mass is 354 g/mol. The second-order valence-corrected chi connectivity index (χ2v) is 7.64. The molecular weight excluding hydrogens is 332 g/mol. The maximum atomic E-state index is 12.7. The van der Waals surface area contributed by atoms with Gasteiger partial charge in [0.15, 0.2) is 0 Å². The number of carbonyl (C=O) groups is 2. The molecule has 0 aromatic heterocycles. The minimum atomic E-state index is -3.63. The molecule has 0 radical (unpaired) electrons. The number of hydrogen-bond acceptors (Lipinski definition) is 4. The van der Waals surface area contributed by atoms with Crippen LogP contribution in [0, 0.1) is 0 Å². The maximum Gasteiger partial charge on any atom is 0.323 e. The van der Waals surface area contributed by atoms with Crippen molar-refractivity contribution in [2.45, 2.75) is 31.1 Å². The first kappa shape index (κ1) is 18.4. The van der Waals surface area contributed by atoms with Crippen molar-refractivity contribution in [3.63, 3.8) is 0 Å². The molecule has 1 heterocycles. The summed E-state index contributed by atoms with van der Waals surface area (Å²) in [6, 6.07) is 5.81. The van der Waals surface area contributed by atoms with E-state index in [4.69, 9.17) is 5.11 Å². The highest BCUT2D eigenvalue weighted by molar-refractivity contribution is 7.89. The first-order chi connectivity index (χ1) is 11.4. The Balaban J connectivity index is 2.27. The molecule has 1 aliphatic heterocycles. The lowest BCUT2D eigenvalue weighted by Gasteiger charge is -2.26. The highest BCUT2D eigenvalue weighted by atomic mass is 32.2. The van der Waals surface area contributed by atoms with Gasteiger partial charge in [0, 0.05) is 25.2 Å². The average Bonchev–Trinajstić information content (AvgIpc) is 2.59. The fourth-order valence-corrected chi connectivity index (χ4v) is 4.28. The van der Waals surface area contributed by atoms with Crippen molar-refractivity contribution in [1.82, 2.24) is 9.21 Å². The summed E-state index contributed by atoms with van der Waals surface area (Å²) in [5.74, 6) is -1.60. The van der Waals surface area contributed by atoms with Gasteiger partial charge in [-0.25, -0.2) is 8.42 Å². The molecule has 1 aliphatic rings. The van der Waals surface area contributed by atoms with Gasteiger partial charge in [0.05, 0.1) is 4.90 Å². The van der Waals surface area contributed by atoms with Crippen LogP contribution in [-0.4, -0.2) is 60.8 Å². The number of likely N-dealkylation sites (N-methyl/N-ethyl adjacent to an activating group) is 1. The van der Waals surface area contributed by atoms with Gasteiger partial charge in [-0.1, -0.05) is 12.5 Å². The number of rotatable bonds is 6. The molecule has 0 unspecified atom stereocenters. The summed E-state index contributed by atoms with van der Waals surface area (Å²) in [6.07, 6.45) is 2.69. The Morgan fingerprint density at radius 1 is 1.21 bits per heavy atom. The van der Waals surface area contributed by atoms with Crippen LogP contribution >= 0.6 is 0 Å². The number of carboxylic acid groups (broad SMARTS) is 1. The van der Waals surface area contributed by atoms with Gasteiger partial charge in [0.1, 0.15) is 6.54 Å². The molecule has 132 valence electrons. The number of benzene rings is 1. The molecule has 0 saturated carbocycles. The number of hydrogen-bond donors (Lipinski definition) is 1. The zero-order valence-corrected chi connectivity index (χ0v) is 14.5. The largest absolute Gasteiger partial charge is 0.480 e. The van der Waals surface area contributed by atoms with Crippen molar-refractivity contribution in [2.24, 2.45) is 0 Å². The lowest BCUT2D eigenvalue weighted by molar-refractivity contribution is -0.137. The van der Waals surface area contributed by atoms with Crippen LogP contribution < -0.4 is 0 Å². The normalized spacial score (nSPS) is 15.9. The molecule has 1 aromatic rings. The van der Waals surface area contributed by atoms with Crippen molar-refractivity contribution in [3.05, 3.63) is 29.8 Å². The van der Waals surface area contributed by atoms with Gasteiger partial charge >= 0.3 is 5.97 Å². The first-order valence-electron chi connectivity index (χ1n) is 7.97. The van der Waals surface area contributed by atoms with E-state index in [0.717, 1.165) is 24.2 Å². The molecule has 0 spiro atoms. The Hall–Kier alpha value is -1.93. The van der Waals surface area contributed by atoms with Crippen LogP contribution in [0.15, 0.2) is 29.2 Å². The molecule has 0 bridgehead atoms. The summed E-state index contributed by atoms with van der Waals surface area (Å²) in [7, 11) is -3.63. The molecule has 7 nitrogen and oxygen atoms in total. The highest BCUT2D eigenvalue weighted by Crippen LogP contribution is 2.21. The van der Waals surface area contributed by atoms with Crippen molar-refractivity contribution in [2.75, 3.05) is 26.2 Å². The Morgan fingerprint density at radius 2 is 1.88 bits per heavy atom. The van der Waals surface area contributed by atoms with Crippen LogP contribution in [0.5, 0.6) is 0 Å². The molecule has 1 fully saturated rings. The van der Waals surface area contributed by atoms with Gasteiger partial charge in [-0.15, -0.1) is 0 Å². The van der Waals surface area contributed by atoms with E-state index in [0.29, 0.717) is 13.1 Å². The number of piperidine rings is 1. The minimum Gasteiger partial charge on any atom is -0.480 e. The topological polar surface area (TPSA) is 95.0 Å². The molecule has 1 saturated heterocycles. The Labute approximate surface area is 141 Å². The van der Waals surface area contributed by atoms with Gasteiger partial charge in [0.2, 0.25) is 10.0 Å². The molecule has 8 heteroatoms. The van der Waals surface area contributed by atoms with Gasteiger partial charge < -0.3 is 10.0 Å². The van der Waals surface area contributed by atoms with E-state index in [-0.39, 0.29) is 17.0 Å². The molecule has 0 aliphatic carbocycles. The van der Waals surface area contributed by atoms with Crippen molar-refractivity contribution < 1.29 is 23.1 Å². The number of carboxylic acids is 1. The Morgan fingerprint density at radius 3 is 2.46 bits per heavy atom. The number of amides is 1. The third-order valence-electron chi connectivity index (χ3n) is 4.03. The van der Waals surface area contributed by atoms with E-state index >= 15 is 0 Å². The fourth-order valence-electron chi connectivity index (χ4n) is 2.72. The molecule has 0 atom stereocenters. The molecular formula is C16H22N2O5S. The summed E-state index contributed by atoms with van der Waals surface area (Å²) in [5.41, 5.74) is 0.177. The van der Waals surface area contributed by atoms with Gasteiger partial charge in [-0.2, -0.15) is 4.31 Å². The lowest BCUT2D eigenvalue weighted by Crippen LogP contribution is -2.36. The number of carbonyl (C=O) groups excluding carboxylic acids is 1. The number of aliphatic carboxylic acids is 1. The lowest BCUT2D eigenvalue weighted by atomic mass is 10.2. The van der Waals surface area contributed by atoms with E-state index in [1.54, 1.807) is 6.92 Å². The fraction of sp³-hybridized carbons (Fsp3) is 0.500. The second kappa shape index (κ2) is 7.76. The average molecular weight is 354 g/mol. The van der Waals surface area contributed by atoms with Crippen LogP contribution in [0.2, 0.25) is 0 Å². The third kappa shape index (κ3) is 4.12. The van der Waals surface area contributed by atoms with Crippen molar-refractivity contribution in [1.29, 1.82) is 0 Å². The quantitative estimate of drug-likeness (QED) is 0.833. The van der Waals surface area contributed by atoms with Crippen LogP contribution in [0.3, 0.4) is 0 Å². The highest BCUT2D eigenvalue weighted by Gasteiger charge is 2.27. The first-order valence-corrected chi connectivity index (χ1v) is 9.41. The van der Waals surface area contributed by atoms with Crippen LogP contribution in [0.25, 0.3) is 0 Å². The molecule has 24 heavy (non-hydrogen) atoms. The molecule has 1 amide bonds. The summed E-state index contributed by atoms with van der Waals surface area (Å²) in [4.78, 5) is 24.5. The SMILES string of the molecule is CCN(CC(=O)O)C(=O)c1cccc(S(=O)(=O)N2CCCCC2)c1. The van der Waals surface area contributed by atoms with Gasteiger partial charge in [-0.05, 0) is 38.0 Å². The van der Waals surface area contributed by atoms with E-state index in [2.05, 4.69) is 0 Å². The number of nitrogens with zero attached hydrogens (tertiary/aromatic N) is 2. The summed E-state index contributed by atoms with van der Waals surface area (Å²) in [6.45, 7) is 2.46. The van der Waals surface area contributed by atoms with E-state index < -0.39 is 28.4 Å². The van der Waals surface area contributed by atoms with Crippen LogP contribution in [0.1, 0.15) is 36.5 Å². The Kier molecular flexibility index (Phi) is 5.95. The second-order valence-electron chi connectivity index (χ2n) is 5.71. The molecule has 1 N–H and O–H groups in total. The predicted octanol–water partition coefficient (Wildman–Crippen LogP) is 1.41.